The van der Waals surface area contributed by atoms with Crippen LogP contribution in [0, 0.1) is 19.3 Å². The highest BCUT2D eigenvalue weighted by atomic mass is 16.5. The molecule has 0 unspecified atom stereocenters. The fraction of sp³-hybridized carbons (Fsp3) is 0.300. The average molecular weight is 681 g/mol. The van der Waals surface area contributed by atoms with Gasteiger partial charge in [0.2, 0.25) is 0 Å². The van der Waals surface area contributed by atoms with Gasteiger partial charge in [-0.3, -0.25) is 10.1 Å². The minimum Gasteiger partial charge on any atom is -0.497 e. The summed E-state index contributed by atoms with van der Waals surface area (Å²) in [6.45, 7) is 14.8. The monoisotopic (exact) mass is 680 g/mol. The maximum absolute atomic E-state index is 13.5. The zero-order valence-corrected chi connectivity index (χ0v) is 30.2. The van der Waals surface area contributed by atoms with Gasteiger partial charge in [-0.1, -0.05) is 57.7 Å². The maximum atomic E-state index is 13.5. The van der Waals surface area contributed by atoms with Gasteiger partial charge in [-0.2, -0.15) is 0 Å². The fourth-order valence-corrected chi connectivity index (χ4v) is 5.06. The molecule has 4 aromatic rings. The van der Waals surface area contributed by atoms with Crippen molar-refractivity contribution in [3.05, 3.63) is 135 Å². The first-order valence-electron chi connectivity index (χ1n) is 16.3. The summed E-state index contributed by atoms with van der Waals surface area (Å²) in [5, 5.41) is 9.15. The van der Waals surface area contributed by atoms with Crippen LogP contribution in [0.1, 0.15) is 48.7 Å². The van der Waals surface area contributed by atoms with Crippen LogP contribution in [0.15, 0.2) is 102 Å². The molecule has 0 saturated heterocycles. The van der Waals surface area contributed by atoms with E-state index in [-0.39, 0.29) is 24.1 Å². The minimum absolute atomic E-state index is 0.148. The number of ether oxygens (including phenoxy) is 4. The predicted molar refractivity (Wildman–Crippen MR) is 198 cm³/mol. The first-order chi connectivity index (χ1) is 23.8. The quantitative estimate of drug-likeness (QED) is 0.119. The van der Waals surface area contributed by atoms with E-state index in [4.69, 9.17) is 18.9 Å². The maximum Gasteiger partial charge on any atom is 0.320 e. The molecule has 0 bridgehead atoms. The molecule has 3 N–H and O–H groups in total. The predicted octanol–water partition coefficient (Wildman–Crippen LogP) is 7.47. The Morgan fingerprint density at radius 1 is 0.840 bits per heavy atom. The molecule has 10 nitrogen and oxygen atoms in total. The van der Waals surface area contributed by atoms with E-state index < -0.39 is 6.03 Å². The highest BCUT2D eigenvalue weighted by Gasteiger charge is 2.17. The third-order valence-corrected chi connectivity index (χ3v) is 8.34. The summed E-state index contributed by atoms with van der Waals surface area (Å²) in [5.41, 5.74) is 5.10. The number of carbonyl (C=O) groups excluding carboxylic acids is 1. The summed E-state index contributed by atoms with van der Waals surface area (Å²) >= 11 is 0. The number of amides is 2. The SMILES string of the molecule is C=C(/C=C(/NC(=O)NCc1ccccc1COc1cc(C)n(Cc2ccc(OC)cc2OC)c(=O)c1C)Nc1cccc(OC)c1)C(C)(C)C. The standard InChI is InChI=1S/C40H48N4O6/c1-26(40(4,5)6)19-37(42-32-15-12-16-33(21-32)47-7)43-39(46)41-23-29-13-10-11-14-31(29)25-50-35-20-27(2)44(38(45)28(35)3)24-30-17-18-34(48-8)22-36(30)49-9/h10-22,42H,1,23-25H2,2-9H3,(H2,41,43,46)/b37-19+. The van der Waals surface area contributed by atoms with Crippen molar-refractivity contribution >= 4 is 11.7 Å². The third-order valence-electron chi connectivity index (χ3n) is 8.34. The van der Waals surface area contributed by atoms with Gasteiger partial charge in [0.05, 0.1) is 33.4 Å². The van der Waals surface area contributed by atoms with Crippen molar-refractivity contribution in [2.75, 3.05) is 26.6 Å². The number of nitrogens with one attached hydrogen (secondary N) is 3. The molecule has 10 heteroatoms. The summed E-state index contributed by atoms with van der Waals surface area (Å²) in [4.78, 5) is 26.7. The van der Waals surface area contributed by atoms with Crippen LogP contribution < -0.4 is 40.5 Å². The summed E-state index contributed by atoms with van der Waals surface area (Å²) in [6, 6.07) is 22.2. The van der Waals surface area contributed by atoms with E-state index in [1.807, 2.05) is 79.7 Å². The van der Waals surface area contributed by atoms with E-state index >= 15 is 0 Å². The topological polar surface area (TPSA) is 112 Å². The molecule has 3 aromatic carbocycles. The molecule has 1 heterocycles. The van der Waals surface area contributed by atoms with Crippen molar-refractivity contribution < 1.29 is 23.7 Å². The van der Waals surface area contributed by atoms with Crippen LogP contribution in [0.3, 0.4) is 0 Å². The van der Waals surface area contributed by atoms with Crippen molar-refractivity contribution in [2.24, 2.45) is 5.41 Å². The molecular formula is C40H48N4O6. The second-order valence-corrected chi connectivity index (χ2v) is 12.9. The van der Waals surface area contributed by atoms with Gasteiger partial charge in [-0.25, -0.2) is 4.79 Å². The minimum atomic E-state index is -0.396. The van der Waals surface area contributed by atoms with Crippen LogP contribution in [0.5, 0.6) is 23.0 Å². The van der Waals surface area contributed by atoms with Crippen LogP contribution in [-0.4, -0.2) is 31.9 Å². The van der Waals surface area contributed by atoms with Crippen molar-refractivity contribution in [3.63, 3.8) is 0 Å². The molecule has 0 fully saturated rings. The second-order valence-electron chi connectivity index (χ2n) is 12.9. The molecule has 264 valence electrons. The second kappa shape index (κ2) is 16.6. The van der Waals surface area contributed by atoms with E-state index in [1.165, 1.54) is 0 Å². The molecule has 1 aromatic heterocycles. The Hall–Kier alpha value is -5.64. The molecule has 0 spiro atoms. The van der Waals surface area contributed by atoms with Crippen molar-refractivity contribution in [3.8, 4) is 23.0 Å². The number of hydrogen-bond donors (Lipinski definition) is 3. The Balaban J connectivity index is 1.45. The lowest BCUT2D eigenvalue weighted by molar-refractivity contribution is 0.243. The van der Waals surface area contributed by atoms with Gasteiger partial charge in [0.15, 0.2) is 0 Å². The summed E-state index contributed by atoms with van der Waals surface area (Å²) in [5.74, 6) is 2.98. The van der Waals surface area contributed by atoms with Gasteiger partial charge in [0, 0.05) is 35.6 Å². The number of aromatic nitrogens is 1. The molecule has 4 rings (SSSR count). The number of benzene rings is 3. The van der Waals surface area contributed by atoms with Crippen LogP contribution in [0.4, 0.5) is 10.5 Å². The first kappa shape index (κ1) is 37.2. The number of anilines is 1. The van der Waals surface area contributed by atoms with E-state index in [0.717, 1.165) is 33.6 Å². The Kier molecular flexibility index (Phi) is 12.4. The van der Waals surface area contributed by atoms with E-state index in [9.17, 15) is 9.59 Å². The Morgan fingerprint density at radius 2 is 1.54 bits per heavy atom. The number of pyridine rings is 1. The zero-order valence-electron chi connectivity index (χ0n) is 30.2. The van der Waals surface area contributed by atoms with Crippen molar-refractivity contribution in [2.45, 2.75) is 54.3 Å². The molecule has 0 saturated carbocycles. The molecule has 2 amide bonds. The molecular weight excluding hydrogens is 632 g/mol. The molecule has 0 atom stereocenters. The summed E-state index contributed by atoms with van der Waals surface area (Å²) in [7, 11) is 4.80. The van der Waals surface area contributed by atoms with Gasteiger partial charge in [-0.15, -0.1) is 0 Å². The van der Waals surface area contributed by atoms with Crippen LogP contribution in [0.2, 0.25) is 0 Å². The van der Waals surface area contributed by atoms with E-state index in [0.29, 0.717) is 40.9 Å². The number of carbonyl (C=O) groups is 1. The van der Waals surface area contributed by atoms with Crippen molar-refractivity contribution in [1.29, 1.82) is 0 Å². The Bertz CT molecular complexity index is 1920. The number of aryl methyl sites for hydroxylation is 1. The number of nitrogens with zero attached hydrogens (tertiary/aromatic N) is 1. The van der Waals surface area contributed by atoms with Gasteiger partial charge < -0.3 is 34.1 Å². The molecule has 0 aliphatic heterocycles. The number of allylic oxidation sites excluding steroid dienone is 2. The van der Waals surface area contributed by atoms with Crippen LogP contribution >= 0.6 is 0 Å². The zero-order chi connectivity index (χ0) is 36.4. The van der Waals surface area contributed by atoms with Gasteiger partial charge >= 0.3 is 6.03 Å². The van der Waals surface area contributed by atoms with E-state index in [1.54, 1.807) is 38.9 Å². The van der Waals surface area contributed by atoms with Crippen molar-refractivity contribution in [1.82, 2.24) is 15.2 Å². The number of rotatable bonds is 14. The summed E-state index contributed by atoms with van der Waals surface area (Å²) in [6.07, 6.45) is 1.83. The van der Waals surface area contributed by atoms with Gasteiger partial charge in [0.25, 0.3) is 5.56 Å². The lowest BCUT2D eigenvalue weighted by Crippen LogP contribution is -2.37. The molecule has 0 radical (unpaired) electrons. The van der Waals surface area contributed by atoms with Gasteiger partial charge in [0.1, 0.15) is 35.4 Å². The Morgan fingerprint density at radius 3 is 2.22 bits per heavy atom. The largest absolute Gasteiger partial charge is 0.497 e. The molecule has 0 aliphatic rings. The van der Waals surface area contributed by atoms with Crippen LogP contribution in [0.25, 0.3) is 0 Å². The fourth-order valence-electron chi connectivity index (χ4n) is 5.06. The smallest absolute Gasteiger partial charge is 0.320 e. The normalized spacial score (nSPS) is 11.4. The molecule has 0 aliphatic carbocycles. The number of methoxy groups -OCH3 is 3. The third kappa shape index (κ3) is 9.72. The highest BCUT2D eigenvalue weighted by Crippen LogP contribution is 2.28. The lowest BCUT2D eigenvalue weighted by Gasteiger charge is -2.21. The Labute approximate surface area is 294 Å². The number of urea groups is 1. The summed E-state index contributed by atoms with van der Waals surface area (Å²) < 4.78 is 24.1. The molecule has 50 heavy (non-hydrogen) atoms. The lowest BCUT2D eigenvalue weighted by atomic mass is 9.87. The van der Waals surface area contributed by atoms with Gasteiger partial charge in [-0.05, 0) is 72.4 Å². The number of hydrogen-bond acceptors (Lipinski definition) is 7. The first-order valence-corrected chi connectivity index (χ1v) is 16.3. The average Bonchev–Trinajstić information content (AvgIpc) is 3.10. The van der Waals surface area contributed by atoms with E-state index in [2.05, 4.69) is 43.3 Å². The van der Waals surface area contributed by atoms with Crippen LogP contribution in [-0.2, 0) is 19.7 Å². The highest BCUT2D eigenvalue weighted by molar-refractivity contribution is 5.77.